The number of carbonyl (C=O) groups is 1. The summed E-state index contributed by atoms with van der Waals surface area (Å²) in [6.07, 6.45) is 11.8. The third-order valence-electron chi connectivity index (χ3n) is 5.45. The van der Waals surface area contributed by atoms with E-state index in [1.807, 2.05) is 0 Å². The zero-order chi connectivity index (χ0) is 12.6. The van der Waals surface area contributed by atoms with Gasteiger partial charge in [-0.25, -0.2) is 0 Å². The van der Waals surface area contributed by atoms with Gasteiger partial charge in [-0.3, -0.25) is 4.79 Å². The smallest absolute Gasteiger partial charge is 0.195 e. The Balaban J connectivity index is 1.59. The molecule has 0 heterocycles. The summed E-state index contributed by atoms with van der Waals surface area (Å²) in [5.41, 5.74) is 0.131. The predicted molar refractivity (Wildman–Crippen MR) is 77.6 cm³/mol. The molecule has 0 aliphatic heterocycles. The maximum absolute atomic E-state index is 12.6. The summed E-state index contributed by atoms with van der Waals surface area (Å²) >= 11 is 1.67. The van der Waals surface area contributed by atoms with E-state index in [-0.39, 0.29) is 5.41 Å². The van der Waals surface area contributed by atoms with Gasteiger partial charge in [0.25, 0.3) is 0 Å². The third kappa shape index (κ3) is 2.37. The van der Waals surface area contributed by atoms with Crippen LogP contribution in [0.15, 0.2) is 0 Å². The van der Waals surface area contributed by atoms with Gasteiger partial charge in [0.05, 0.1) is 0 Å². The first kappa shape index (κ1) is 13.0. The average Bonchev–Trinajstić information content (AvgIpc) is 2.32. The Morgan fingerprint density at radius 3 is 2.11 bits per heavy atom. The van der Waals surface area contributed by atoms with Crippen LogP contribution < -0.4 is 0 Å². The molecule has 1 nitrogen and oxygen atoms in total. The van der Waals surface area contributed by atoms with E-state index in [9.17, 15) is 4.79 Å². The van der Waals surface area contributed by atoms with E-state index in [0.29, 0.717) is 5.12 Å². The molecule has 0 atom stereocenters. The molecule has 0 spiro atoms. The molecule has 0 amide bonds. The number of carbonyl (C=O) groups excluding carboxylic acids is 1. The van der Waals surface area contributed by atoms with Crippen LogP contribution in [0.25, 0.3) is 0 Å². The van der Waals surface area contributed by atoms with Crippen LogP contribution in [0.1, 0.15) is 64.7 Å². The first-order valence-electron chi connectivity index (χ1n) is 7.89. The maximum atomic E-state index is 12.6. The number of rotatable bonds is 5. The molecule has 0 radical (unpaired) electrons. The molecule has 2 heteroatoms. The van der Waals surface area contributed by atoms with Gasteiger partial charge < -0.3 is 0 Å². The van der Waals surface area contributed by atoms with E-state index in [4.69, 9.17) is 0 Å². The molecule has 102 valence electrons. The Bertz CT molecular complexity index is 288. The van der Waals surface area contributed by atoms with Gasteiger partial charge in [0, 0.05) is 11.2 Å². The van der Waals surface area contributed by atoms with Gasteiger partial charge in [-0.2, -0.15) is 0 Å². The van der Waals surface area contributed by atoms with Crippen molar-refractivity contribution in [3.63, 3.8) is 0 Å². The van der Waals surface area contributed by atoms with Crippen molar-refractivity contribution >= 4 is 16.9 Å². The minimum Gasteiger partial charge on any atom is -0.287 e. The van der Waals surface area contributed by atoms with Crippen LogP contribution in [-0.2, 0) is 4.79 Å². The summed E-state index contributed by atoms with van der Waals surface area (Å²) in [6, 6.07) is 0. The van der Waals surface area contributed by atoms with Crippen molar-refractivity contribution < 1.29 is 4.79 Å². The fourth-order valence-electron chi connectivity index (χ4n) is 5.03. The lowest BCUT2D eigenvalue weighted by atomic mass is 9.50. The Morgan fingerprint density at radius 2 is 1.61 bits per heavy atom. The molecule has 4 rings (SSSR count). The van der Waals surface area contributed by atoms with Gasteiger partial charge in [0.15, 0.2) is 5.12 Å². The summed E-state index contributed by atoms with van der Waals surface area (Å²) < 4.78 is 0. The lowest BCUT2D eigenvalue weighted by Crippen LogP contribution is -2.49. The van der Waals surface area contributed by atoms with Gasteiger partial charge in [0.1, 0.15) is 0 Å². The molecule has 0 unspecified atom stereocenters. The predicted octanol–water partition coefficient (Wildman–Crippen LogP) is 4.65. The molecule has 0 N–H and O–H groups in total. The lowest BCUT2D eigenvalue weighted by molar-refractivity contribution is -0.134. The number of hydrogen-bond acceptors (Lipinski definition) is 2. The van der Waals surface area contributed by atoms with Crippen LogP contribution in [0.4, 0.5) is 0 Å². The summed E-state index contributed by atoms with van der Waals surface area (Å²) in [4.78, 5) is 12.6. The van der Waals surface area contributed by atoms with E-state index in [1.165, 1.54) is 57.8 Å². The van der Waals surface area contributed by atoms with Crippen molar-refractivity contribution in [2.75, 3.05) is 5.75 Å². The Morgan fingerprint density at radius 1 is 1.06 bits per heavy atom. The molecule has 0 saturated heterocycles. The molecule has 4 fully saturated rings. The standard InChI is InChI=1S/C16H26OS/c1-2-3-4-5-18-15(17)16-9-12-6-13(10-16)8-14(7-12)11-16/h12-14H,2-11H2,1H3. The summed E-state index contributed by atoms with van der Waals surface area (Å²) in [6.45, 7) is 2.23. The second-order valence-corrected chi connectivity index (χ2v) is 8.11. The van der Waals surface area contributed by atoms with Crippen molar-refractivity contribution in [1.29, 1.82) is 0 Å². The van der Waals surface area contributed by atoms with E-state index in [2.05, 4.69) is 6.92 Å². The Kier molecular flexibility index (Phi) is 3.75. The molecule has 0 aromatic carbocycles. The molecular weight excluding hydrogens is 240 g/mol. The zero-order valence-corrected chi connectivity index (χ0v) is 12.4. The highest BCUT2D eigenvalue weighted by molar-refractivity contribution is 8.13. The second-order valence-electron chi connectivity index (χ2n) is 7.04. The number of thioether (sulfide) groups is 1. The first-order chi connectivity index (χ1) is 8.72. The zero-order valence-electron chi connectivity index (χ0n) is 11.6. The van der Waals surface area contributed by atoms with E-state index in [1.54, 1.807) is 11.8 Å². The Hall–Kier alpha value is 0.0200. The van der Waals surface area contributed by atoms with Gasteiger partial charge >= 0.3 is 0 Å². The fourth-order valence-corrected chi connectivity index (χ4v) is 6.12. The lowest BCUT2D eigenvalue weighted by Gasteiger charge is -2.55. The van der Waals surface area contributed by atoms with Gasteiger partial charge in [0.2, 0.25) is 0 Å². The van der Waals surface area contributed by atoms with Crippen molar-refractivity contribution in [3.05, 3.63) is 0 Å². The molecule has 0 aromatic rings. The van der Waals surface area contributed by atoms with Crippen LogP contribution in [0.2, 0.25) is 0 Å². The van der Waals surface area contributed by atoms with E-state index >= 15 is 0 Å². The molecule has 18 heavy (non-hydrogen) atoms. The average molecular weight is 266 g/mol. The quantitative estimate of drug-likeness (QED) is 0.674. The normalized spacial score (nSPS) is 41.3. The van der Waals surface area contributed by atoms with Crippen LogP contribution in [0.5, 0.6) is 0 Å². The molecular formula is C16H26OS. The van der Waals surface area contributed by atoms with Crippen LogP contribution in [0, 0.1) is 23.2 Å². The second kappa shape index (κ2) is 5.19. The highest BCUT2D eigenvalue weighted by atomic mass is 32.2. The molecule has 4 bridgehead atoms. The topological polar surface area (TPSA) is 17.1 Å². The van der Waals surface area contributed by atoms with Crippen LogP contribution >= 0.6 is 11.8 Å². The van der Waals surface area contributed by atoms with E-state index < -0.39 is 0 Å². The molecule has 4 aliphatic carbocycles. The third-order valence-corrected chi connectivity index (χ3v) is 6.64. The van der Waals surface area contributed by atoms with Crippen molar-refractivity contribution in [3.8, 4) is 0 Å². The summed E-state index contributed by atoms with van der Waals surface area (Å²) in [5, 5.41) is 0.567. The minimum atomic E-state index is 0.131. The molecule has 0 aromatic heterocycles. The first-order valence-corrected chi connectivity index (χ1v) is 8.87. The van der Waals surface area contributed by atoms with Crippen LogP contribution in [0.3, 0.4) is 0 Å². The Labute approximate surface area is 115 Å². The monoisotopic (exact) mass is 266 g/mol. The van der Waals surface area contributed by atoms with E-state index in [0.717, 1.165) is 23.5 Å². The van der Waals surface area contributed by atoms with Gasteiger partial charge in [-0.05, 0) is 62.7 Å². The highest BCUT2D eigenvalue weighted by Crippen LogP contribution is 2.61. The minimum absolute atomic E-state index is 0.131. The van der Waals surface area contributed by atoms with Crippen LogP contribution in [-0.4, -0.2) is 10.9 Å². The number of unbranched alkanes of at least 4 members (excludes halogenated alkanes) is 2. The fraction of sp³-hybridized carbons (Fsp3) is 0.938. The van der Waals surface area contributed by atoms with Crippen molar-refractivity contribution in [2.24, 2.45) is 23.2 Å². The molecule has 4 aliphatic rings. The SMILES string of the molecule is CCCCCSC(=O)C12CC3CC(CC(C3)C1)C2. The number of hydrogen-bond donors (Lipinski definition) is 0. The summed E-state index contributed by atoms with van der Waals surface area (Å²) in [7, 11) is 0. The largest absolute Gasteiger partial charge is 0.287 e. The van der Waals surface area contributed by atoms with Crippen molar-refractivity contribution in [1.82, 2.24) is 0 Å². The highest BCUT2D eigenvalue weighted by Gasteiger charge is 2.54. The molecule has 4 saturated carbocycles. The van der Waals surface area contributed by atoms with Gasteiger partial charge in [-0.1, -0.05) is 31.5 Å². The summed E-state index contributed by atoms with van der Waals surface area (Å²) in [5.74, 6) is 3.76. The van der Waals surface area contributed by atoms with Crippen molar-refractivity contribution in [2.45, 2.75) is 64.7 Å². The van der Waals surface area contributed by atoms with Gasteiger partial charge in [-0.15, -0.1) is 0 Å². The maximum Gasteiger partial charge on any atom is 0.195 e.